The maximum absolute atomic E-state index is 11.6. The van der Waals surface area contributed by atoms with E-state index in [0.717, 1.165) is 44.9 Å². The van der Waals surface area contributed by atoms with Crippen LogP contribution in [0.3, 0.4) is 0 Å². The lowest BCUT2D eigenvalue weighted by Crippen LogP contribution is -2.24. The van der Waals surface area contributed by atoms with Gasteiger partial charge in [0.25, 0.3) is 0 Å². The van der Waals surface area contributed by atoms with Crippen molar-refractivity contribution in [2.75, 3.05) is 13.2 Å². The first-order valence-electron chi connectivity index (χ1n) is 11.2. The second kappa shape index (κ2) is 21.1. The molecule has 6 nitrogen and oxygen atoms in total. The minimum Gasteiger partial charge on any atom is -0.463 e. The van der Waals surface area contributed by atoms with Crippen molar-refractivity contribution in [3.05, 3.63) is 48.6 Å². The van der Waals surface area contributed by atoms with Crippen molar-refractivity contribution in [3.8, 4) is 0 Å². The molecule has 0 aliphatic rings. The summed E-state index contributed by atoms with van der Waals surface area (Å²) in [6.45, 7) is 2.91. The number of unbranched alkanes of at least 4 members (excludes halogenated alkanes) is 1. The summed E-state index contributed by atoms with van der Waals surface area (Å²) in [6.07, 6.45) is 22.8. The van der Waals surface area contributed by atoms with E-state index in [1.807, 2.05) is 13.0 Å². The summed E-state index contributed by atoms with van der Waals surface area (Å²) in [5.41, 5.74) is 0. The molecule has 0 aromatic rings. The van der Waals surface area contributed by atoms with Crippen LogP contribution < -0.4 is 0 Å². The topological polar surface area (TPSA) is 93.1 Å². The Bertz CT molecular complexity index is 577. The maximum Gasteiger partial charge on any atom is 0.305 e. The molecule has 0 aromatic heterocycles. The molecule has 0 bridgehead atoms. The van der Waals surface area contributed by atoms with E-state index < -0.39 is 12.1 Å². The van der Waals surface area contributed by atoms with Crippen LogP contribution in [-0.4, -0.2) is 47.6 Å². The molecule has 31 heavy (non-hydrogen) atoms. The minimum atomic E-state index is -0.989. The lowest BCUT2D eigenvalue weighted by Gasteiger charge is -2.10. The number of aliphatic hydroxyl groups is 2. The molecule has 0 saturated carbocycles. The van der Waals surface area contributed by atoms with Crippen molar-refractivity contribution in [2.24, 2.45) is 0 Å². The first-order valence-corrected chi connectivity index (χ1v) is 11.2. The number of rotatable bonds is 18. The molecule has 2 N–H and O–H groups in total. The van der Waals surface area contributed by atoms with Gasteiger partial charge in [-0.05, 0) is 51.4 Å². The summed E-state index contributed by atoms with van der Waals surface area (Å²) in [6, 6.07) is 0. The van der Waals surface area contributed by atoms with Crippen LogP contribution in [0.2, 0.25) is 0 Å². The highest BCUT2D eigenvalue weighted by atomic mass is 16.6. The number of allylic oxidation sites excluding steroid dienone is 8. The molecular formula is C25H40O6. The summed E-state index contributed by atoms with van der Waals surface area (Å²) < 4.78 is 9.56. The monoisotopic (exact) mass is 436 g/mol. The van der Waals surface area contributed by atoms with Crippen LogP contribution in [0.4, 0.5) is 0 Å². The lowest BCUT2D eigenvalue weighted by molar-refractivity contribution is -0.151. The zero-order valence-electron chi connectivity index (χ0n) is 19.1. The van der Waals surface area contributed by atoms with Gasteiger partial charge in [0, 0.05) is 13.3 Å². The Kier molecular flexibility index (Phi) is 19.6. The number of hydrogen-bond donors (Lipinski definition) is 2. The van der Waals surface area contributed by atoms with Crippen LogP contribution in [0.1, 0.15) is 71.6 Å². The van der Waals surface area contributed by atoms with Crippen molar-refractivity contribution in [2.45, 2.75) is 83.8 Å². The Labute approximate surface area is 187 Å². The second-order valence-corrected chi connectivity index (χ2v) is 7.26. The van der Waals surface area contributed by atoms with Gasteiger partial charge in [-0.15, -0.1) is 0 Å². The molecule has 0 spiro atoms. The van der Waals surface area contributed by atoms with Crippen molar-refractivity contribution in [1.82, 2.24) is 0 Å². The van der Waals surface area contributed by atoms with Crippen LogP contribution >= 0.6 is 0 Å². The van der Waals surface area contributed by atoms with Gasteiger partial charge in [0.2, 0.25) is 0 Å². The molecule has 0 saturated heterocycles. The van der Waals surface area contributed by atoms with Gasteiger partial charge in [-0.25, -0.2) is 0 Å². The maximum atomic E-state index is 11.6. The van der Waals surface area contributed by atoms with Crippen molar-refractivity contribution >= 4 is 11.9 Å². The van der Waals surface area contributed by atoms with Gasteiger partial charge in [-0.1, -0.05) is 55.5 Å². The zero-order valence-corrected chi connectivity index (χ0v) is 19.1. The fourth-order valence-electron chi connectivity index (χ4n) is 2.43. The van der Waals surface area contributed by atoms with E-state index in [4.69, 9.17) is 4.74 Å². The Balaban J connectivity index is 3.59. The number of aliphatic hydroxyl groups excluding tert-OH is 2. The predicted molar refractivity (Wildman–Crippen MR) is 123 cm³/mol. The molecule has 6 heteroatoms. The summed E-state index contributed by atoms with van der Waals surface area (Å²) in [5, 5.41) is 18.9. The molecule has 0 rings (SSSR count). The largest absolute Gasteiger partial charge is 0.463 e. The summed E-state index contributed by atoms with van der Waals surface area (Å²) in [7, 11) is 0. The van der Waals surface area contributed by atoms with Crippen LogP contribution in [0.15, 0.2) is 48.6 Å². The van der Waals surface area contributed by atoms with Crippen molar-refractivity contribution < 1.29 is 29.3 Å². The summed E-state index contributed by atoms with van der Waals surface area (Å²) in [5.74, 6) is -0.845. The van der Waals surface area contributed by atoms with Gasteiger partial charge in [0.15, 0.2) is 0 Å². The normalized spacial score (nSPS) is 14.1. The van der Waals surface area contributed by atoms with E-state index in [2.05, 4.69) is 47.3 Å². The molecule has 0 aliphatic carbocycles. The zero-order chi connectivity index (χ0) is 23.2. The van der Waals surface area contributed by atoms with E-state index in [0.29, 0.717) is 12.8 Å². The molecule has 0 unspecified atom stereocenters. The smallest absolute Gasteiger partial charge is 0.305 e. The third-order valence-electron chi connectivity index (χ3n) is 4.29. The van der Waals surface area contributed by atoms with Gasteiger partial charge in [-0.2, -0.15) is 0 Å². The fraction of sp³-hybridized carbons (Fsp3) is 0.600. The highest BCUT2D eigenvalue weighted by Gasteiger charge is 2.09. The van der Waals surface area contributed by atoms with Crippen molar-refractivity contribution in [1.29, 1.82) is 0 Å². The first-order chi connectivity index (χ1) is 15.0. The standard InChI is InChI=1S/C25H40O6/c1-3-23(27)18-16-14-12-10-8-6-4-5-7-9-11-13-15-17-19-25(29)31-21-24(28)20-30-22(2)26/h5-8,11-14,23-24,27-28H,3-4,9-10,15-21H2,1-2H3/b7-5-,8-6-,13-11-,14-12-/t23-,24+/m0/s1. The van der Waals surface area contributed by atoms with Crippen LogP contribution in [0.25, 0.3) is 0 Å². The van der Waals surface area contributed by atoms with Crippen molar-refractivity contribution in [3.63, 3.8) is 0 Å². The third kappa shape index (κ3) is 22.3. The van der Waals surface area contributed by atoms with Gasteiger partial charge in [0.1, 0.15) is 19.3 Å². The number of ether oxygens (including phenoxy) is 2. The summed E-state index contributed by atoms with van der Waals surface area (Å²) >= 11 is 0. The number of hydrogen-bond acceptors (Lipinski definition) is 6. The Morgan fingerprint density at radius 2 is 1.29 bits per heavy atom. The van der Waals surface area contributed by atoms with E-state index in [1.165, 1.54) is 6.92 Å². The molecule has 2 atom stereocenters. The SMILES string of the molecule is CC[C@H](O)CC/C=C\C/C=C\C/C=C\C/C=C\CCCC(=O)OC[C@H](O)COC(C)=O. The number of carbonyl (C=O) groups is 2. The fourth-order valence-corrected chi connectivity index (χ4v) is 2.43. The van der Waals surface area contributed by atoms with Gasteiger partial charge in [-0.3, -0.25) is 9.59 Å². The molecule has 0 radical (unpaired) electrons. The molecule has 0 aromatic carbocycles. The lowest BCUT2D eigenvalue weighted by atomic mass is 10.1. The van der Waals surface area contributed by atoms with Crippen LogP contribution in [0.5, 0.6) is 0 Å². The Morgan fingerprint density at radius 1 is 0.774 bits per heavy atom. The predicted octanol–water partition coefficient (Wildman–Crippen LogP) is 4.57. The molecule has 0 amide bonds. The van der Waals surface area contributed by atoms with E-state index in [-0.39, 0.29) is 25.3 Å². The quantitative estimate of drug-likeness (QED) is 0.186. The average molecular weight is 437 g/mol. The van der Waals surface area contributed by atoms with E-state index >= 15 is 0 Å². The third-order valence-corrected chi connectivity index (χ3v) is 4.29. The molecule has 0 fully saturated rings. The first kappa shape index (κ1) is 28.8. The van der Waals surface area contributed by atoms with Gasteiger partial charge >= 0.3 is 11.9 Å². The van der Waals surface area contributed by atoms with Crippen LogP contribution in [0, 0.1) is 0 Å². The average Bonchev–Trinajstić information content (AvgIpc) is 2.75. The molecule has 0 heterocycles. The highest BCUT2D eigenvalue weighted by Crippen LogP contribution is 2.03. The van der Waals surface area contributed by atoms with E-state index in [1.54, 1.807) is 0 Å². The Morgan fingerprint density at radius 3 is 1.84 bits per heavy atom. The second-order valence-electron chi connectivity index (χ2n) is 7.26. The molecule has 176 valence electrons. The summed E-state index contributed by atoms with van der Waals surface area (Å²) in [4.78, 5) is 22.2. The number of carbonyl (C=O) groups excluding carboxylic acids is 2. The number of esters is 2. The molecular weight excluding hydrogens is 396 g/mol. The van der Waals surface area contributed by atoms with Gasteiger partial charge < -0.3 is 19.7 Å². The highest BCUT2D eigenvalue weighted by molar-refractivity contribution is 5.69. The molecule has 0 aliphatic heterocycles. The van der Waals surface area contributed by atoms with E-state index in [9.17, 15) is 19.8 Å². The van der Waals surface area contributed by atoms with Gasteiger partial charge in [0.05, 0.1) is 6.10 Å². The minimum absolute atomic E-state index is 0.166. The van der Waals surface area contributed by atoms with Crippen LogP contribution in [-0.2, 0) is 19.1 Å². The Hall–Kier alpha value is -2.18.